The van der Waals surface area contributed by atoms with Crippen LogP contribution in [0.4, 0.5) is 5.69 Å². The number of carbonyl (C=O) groups excluding carboxylic acids is 1. The summed E-state index contributed by atoms with van der Waals surface area (Å²) in [6.45, 7) is 0. The van der Waals surface area contributed by atoms with Gasteiger partial charge < -0.3 is 10.4 Å². The number of carbonyl (C=O) groups is 2. The summed E-state index contributed by atoms with van der Waals surface area (Å²) < 4.78 is 0. The molecule has 0 radical (unpaired) electrons. The monoisotopic (exact) mass is 332 g/mol. The topological polar surface area (TPSA) is 110 Å². The fourth-order valence-corrected chi connectivity index (χ4v) is 2.21. The van der Waals surface area contributed by atoms with Crippen LogP contribution in [0.15, 0.2) is 18.2 Å². The van der Waals surface area contributed by atoms with Crippen molar-refractivity contribution in [1.29, 1.82) is 0 Å². The van der Waals surface area contributed by atoms with Gasteiger partial charge in [0.15, 0.2) is 0 Å². The third-order valence-corrected chi connectivity index (χ3v) is 3.49. The van der Waals surface area contributed by atoms with Gasteiger partial charge in [0.25, 0.3) is 11.6 Å². The number of hydrogen-bond donors (Lipinski definition) is 2. The molecule has 9 heteroatoms. The minimum absolute atomic E-state index is 0.121. The van der Waals surface area contributed by atoms with Gasteiger partial charge in [-0.2, -0.15) is 11.8 Å². The Morgan fingerprint density at radius 3 is 2.71 bits per heavy atom. The van der Waals surface area contributed by atoms with Gasteiger partial charge in [-0.05, 0) is 30.6 Å². The quantitative estimate of drug-likeness (QED) is 0.585. The highest BCUT2D eigenvalue weighted by Crippen LogP contribution is 2.23. The average Bonchev–Trinajstić information content (AvgIpc) is 2.42. The highest BCUT2D eigenvalue weighted by Gasteiger charge is 2.25. The van der Waals surface area contributed by atoms with Crippen LogP contribution in [0.1, 0.15) is 16.8 Å². The number of hydrogen-bond acceptors (Lipinski definition) is 5. The van der Waals surface area contributed by atoms with Gasteiger partial charge in [0.1, 0.15) is 11.6 Å². The van der Waals surface area contributed by atoms with E-state index in [-0.39, 0.29) is 17.0 Å². The molecule has 1 aromatic rings. The Bertz CT molecular complexity index is 567. The maximum absolute atomic E-state index is 12.0. The SMILES string of the molecule is CSCC[C@H](NC(=O)c1ccc(Cl)cc1[N+](=O)[O-])C(=O)O. The maximum atomic E-state index is 12.0. The number of nitrogens with zero attached hydrogens (tertiary/aromatic N) is 1. The van der Waals surface area contributed by atoms with Crippen molar-refractivity contribution in [2.75, 3.05) is 12.0 Å². The predicted molar refractivity (Wildman–Crippen MR) is 80.0 cm³/mol. The molecule has 7 nitrogen and oxygen atoms in total. The van der Waals surface area contributed by atoms with Gasteiger partial charge in [-0.25, -0.2) is 4.79 Å². The molecule has 1 atom stereocenters. The standard InChI is InChI=1S/C12H13ClN2O5S/c1-21-5-4-9(12(17)18)14-11(16)8-3-2-7(13)6-10(8)15(19)20/h2-3,6,9H,4-5H2,1H3,(H,14,16)(H,17,18)/t9-/m0/s1. The summed E-state index contributed by atoms with van der Waals surface area (Å²) in [6.07, 6.45) is 2.04. The second kappa shape index (κ2) is 7.84. The van der Waals surface area contributed by atoms with E-state index >= 15 is 0 Å². The van der Waals surface area contributed by atoms with E-state index in [9.17, 15) is 19.7 Å². The van der Waals surface area contributed by atoms with Crippen molar-refractivity contribution in [1.82, 2.24) is 5.32 Å². The van der Waals surface area contributed by atoms with Crippen molar-refractivity contribution in [3.63, 3.8) is 0 Å². The van der Waals surface area contributed by atoms with E-state index in [2.05, 4.69) is 5.32 Å². The van der Waals surface area contributed by atoms with Gasteiger partial charge in [-0.15, -0.1) is 0 Å². The van der Waals surface area contributed by atoms with Crippen molar-refractivity contribution in [3.05, 3.63) is 38.9 Å². The van der Waals surface area contributed by atoms with Crippen molar-refractivity contribution >= 4 is 40.9 Å². The summed E-state index contributed by atoms with van der Waals surface area (Å²) in [7, 11) is 0. The molecular formula is C12H13ClN2O5S. The Kier molecular flexibility index (Phi) is 6.44. The molecule has 114 valence electrons. The lowest BCUT2D eigenvalue weighted by Gasteiger charge is -2.14. The molecule has 21 heavy (non-hydrogen) atoms. The van der Waals surface area contributed by atoms with Crippen molar-refractivity contribution < 1.29 is 19.6 Å². The summed E-state index contributed by atoms with van der Waals surface area (Å²) in [5, 5.41) is 22.4. The third-order valence-electron chi connectivity index (χ3n) is 2.62. The van der Waals surface area contributed by atoms with E-state index in [1.54, 1.807) is 0 Å². The van der Waals surface area contributed by atoms with Crippen LogP contribution in [0.25, 0.3) is 0 Å². The molecule has 1 aromatic carbocycles. The Morgan fingerprint density at radius 1 is 1.52 bits per heavy atom. The number of aliphatic carboxylic acids is 1. The van der Waals surface area contributed by atoms with E-state index in [1.165, 1.54) is 23.9 Å². The summed E-state index contributed by atoms with van der Waals surface area (Å²) in [5.74, 6) is -1.46. The first-order valence-electron chi connectivity index (χ1n) is 5.83. The molecule has 0 spiro atoms. The van der Waals surface area contributed by atoms with Crippen molar-refractivity contribution in [3.8, 4) is 0 Å². The number of amides is 1. The average molecular weight is 333 g/mol. The van der Waals surface area contributed by atoms with Gasteiger partial charge in [0.05, 0.1) is 4.92 Å². The Hall–Kier alpha value is -1.80. The highest BCUT2D eigenvalue weighted by atomic mass is 35.5. The molecule has 0 bridgehead atoms. The molecule has 0 heterocycles. The van der Waals surface area contributed by atoms with Crippen LogP contribution in [0, 0.1) is 10.1 Å². The molecular weight excluding hydrogens is 320 g/mol. The molecule has 0 saturated heterocycles. The van der Waals surface area contributed by atoms with Crippen LogP contribution in [0.5, 0.6) is 0 Å². The lowest BCUT2D eigenvalue weighted by atomic mass is 10.1. The Morgan fingerprint density at radius 2 is 2.19 bits per heavy atom. The van der Waals surface area contributed by atoms with Crippen LogP contribution < -0.4 is 5.32 Å². The van der Waals surface area contributed by atoms with E-state index in [0.717, 1.165) is 6.07 Å². The second-order valence-electron chi connectivity index (χ2n) is 4.06. The summed E-state index contributed by atoms with van der Waals surface area (Å²) in [5.41, 5.74) is -0.686. The number of thioether (sulfide) groups is 1. The summed E-state index contributed by atoms with van der Waals surface area (Å²) in [4.78, 5) is 33.3. The number of nitrogens with one attached hydrogen (secondary N) is 1. The number of carboxylic acids is 1. The van der Waals surface area contributed by atoms with Gasteiger partial charge in [0.2, 0.25) is 0 Å². The van der Waals surface area contributed by atoms with Crippen LogP contribution in [-0.4, -0.2) is 40.0 Å². The third kappa shape index (κ3) is 4.91. The Labute approximate surface area is 129 Å². The smallest absolute Gasteiger partial charge is 0.326 e. The number of halogens is 1. The lowest BCUT2D eigenvalue weighted by Crippen LogP contribution is -2.41. The molecule has 0 aliphatic rings. The van der Waals surface area contributed by atoms with E-state index < -0.39 is 28.5 Å². The summed E-state index contributed by atoms with van der Waals surface area (Å²) in [6, 6.07) is 2.48. The zero-order valence-electron chi connectivity index (χ0n) is 11.0. The first-order valence-corrected chi connectivity index (χ1v) is 7.60. The van der Waals surface area contributed by atoms with Crippen molar-refractivity contribution in [2.24, 2.45) is 0 Å². The van der Waals surface area contributed by atoms with Gasteiger partial charge >= 0.3 is 5.97 Å². The normalized spacial score (nSPS) is 11.7. The molecule has 0 fully saturated rings. The molecule has 2 N–H and O–H groups in total. The number of nitro groups is 1. The van der Waals surface area contributed by atoms with E-state index in [0.29, 0.717) is 5.75 Å². The van der Waals surface area contributed by atoms with Crippen molar-refractivity contribution in [2.45, 2.75) is 12.5 Å². The van der Waals surface area contributed by atoms with Crippen LogP contribution in [0.3, 0.4) is 0 Å². The molecule has 0 saturated carbocycles. The molecule has 0 aromatic heterocycles. The number of rotatable bonds is 7. The molecule has 0 unspecified atom stereocenters. The maximum Gasteiger partial charge on any atom is 0.326 e. The number of benzene rings is 1. The molecule has 1 rings (SSSR count). The van der Waals surface area contributed by atoms with E-state index in [1.807, 2.05) is 6.26 Å². The number of nitro benzene ring substituents is 1. The largest absolute Gasteiger partial charge is 0.480 e. The first-order chi connectivity index (χ1) is 9.86. The minimum atomic E-state index is -1.19. The highest BCUT2D eigenvalue weighted by molar-refractivity contribution is 7.98. The fraction of sp³-hybridized carbons (Fsp3) is 0.333. The molecule has 0 aliphatic carbocycles. The number of carboxylic acid groups (broad SMARTS) is 1. The second-order valence-corrected chi connectivity index (χ2v) is 5.49. The zero-order valence-corrected chi connectivity index (χ0v) is 12.6. The lowest BCUT2D eigenvalue weighted by molar-refractivity contribution is -0.385. The van der Waals surface area contributed by atoms with Gasteiger partial charge in [0, 0.05) is 11.1 Å². The van der Waals surface area contributed by atoms with Gasteiger partial charge in [-0.3, -0.25) is 14.9 Å². The Balaban J connectivity index is 2.97. The first kappa shape index (κ1) is 17.3. The summed E-state index contributed by atoms with van der Waals surface area (Å²) >= 11 is 7.10. The van der Waals surface area contributed by atoms with E-state index in [4.69, 9.17) is 16.7 Å². The van der Waals surface area contributed by atoms with Crippen LogP contribution in [-0.2, 0) is 4.79 Å². The minimum Gasteiger partial charge on any atom is -0.480 e. The zero-order chi connectivity index (χ0) is 16.0. The molecule has 0 aliphatic heterocycles. The fourth-order valence-electron chi connectivity index (χ4n) is 1.58. The van der Waals surface area contributed by atoms with Crippen LogP contribution in [0.2, 0.25) is 5.02 Å². The molecule has 1 amide bonds. The predicted octanol–water partition coefficient (Wildman–Crippen LogP) is 2.18. The van der Waals surface area contributed by atoms with Gasteiger partial charge in [-0.1, -0.05) is 11.6 Å². The van der Waals surface area contributed by atoms with Crippen LogP contribution >= 0.6 is 23.4 Å².